The summed E-state index contributed by atoms with van der Waals surface area (Å²) in [5.74, 6) is -0.222. The van der Waals surface area contributed by atoms with Gasteiger partial charge in [-0.3, -0.25) is 4.79 Å². The van der Waals surface area contributed by atoms with E-state index >= 15 is 0 Å². The summed E-state index contributed by atoms with van der Waals surface area (Å²) in [6.45, 7) is 1.13. The number of thiophene rings is 1. The zero-order valence-electron chi connectivity index (χ0n) is 11.0. The van der Waals surface area contributed by atoms with Gasteiger partial charge in [0.1, 0.15) is 0 Å². The van der Waals surface area contributed by atoms with Crippen LogP contribution >= 0.6 is 11.3 Å². The van der Waals surface area contributed by atoms with Gasteiger partial charge in [-0.1, -0.05) is 0 Å². The van der Waals surface area contributed by atoms with Crippen molar-refractivity contribution in [3.05, 3.63) is 57.3 Å². The van der Waals surface area contributed by atoms with E-state index in [1.807, 2.05) is 11.4 Å². The molecular formula is C15H12F3NOS. The summed E-state index contributed by atoms with van der Waals surface area (Å²) in [6.07, 6.45) is -3.57. The Labute approximate surface area is 123 Å². The lowest BCUT2D eigenvalue weighted by molar-refractivity contribution is -0.137. The van der Waals surface area contributed by atoms with Crippen LogP contribution in [0.5, 0.6) is 0 Å². The summed E-state index contributed by atoms with van der Waals surface area (Å²) in [4.78, 5) is 15.3. The summed E-state index contributed by atoms with van der Waals surface area (Å²) >= 11 is 1.68. The minimum atomic E-state index is -4.38. The predicted octanol–water partition coefficient (Wildman–Crippen LogP) is 3.97. The van der Waals surface area contributed by atoms with Crippen LogP contribution in [-0.2, 0) is 19.1 Å². The molecule has 110 valence electrons. The first-order valence-corrected chi connectivity index (χ1v) is 7.35. The molecule has 0 unspecified atom stereocenters. The van der Waals surface area contributed by atoms with E-state index in [0.717, 1.165) is 24.1 Å². The minimum absolute atomic E-state index is 0.222. The second-order valence-corrected chi connectivity index (χ2v) is 5.92. The molecule has 2 heterocycles. The van der Waals surface area contributed by atoms with Gasteiger partial charge in [-0.2, -0.15) is 13.2 Å². The van der Waals surface area contributed by atoms with E-state index in [0.29, 0.717) is 18.7 Å². The van der Waals surface area contributed by atoms with Gasteiger partial charge in [-0.15, -0.1) is 11.3 Å². The number of carbonyl (C=O) groups excluding carboxylic acids is 1. The van der Waals surface area contributed by atoms with Gasteiger partial charge in [-0.25, -0.2) is 0 Å². The lowest BCUT2D eigenvalue weighted by Crippen LogP contribution is -2.35. The van der Waals surface area contributed by atoms with Gasteiger partial charge < -0.3 is 4.90 Å². The molecule has 1 aromatic carbocycles. The maximum absolute atomic E-state index is 12.5. The highest BCUT2D eigenvalue weighted by Gasteiger charge is 2.30. The summed E-state index contributed by atoms with van der Waals surface area (Å²) in [6, 6.07) is 6.38. The molecule has 6 heteroatoms. The number of fused-ring (bicyclic) bond motifs is 1. The smallest absolute Gasteiger partial charge is 0.334 e. The van der Waals surface area contributed by atoms with Gasteiger partial charge in [0.05, 0.1) is 5.56 Å². The van der Waals surface area contributed by atoms with Gasteiger partial charge >= 0.3 is 6.18 Å². The molecule has 2 aromatic rings. The molecule has 0 bridgehead atoms. The molecule has 0 saturated heterocycles. The maximum Gasteiger partial charge on any atom is 0.416 e. The van der Waals surface area contributed by atoms with Gasteiger partial charge in [-0.05, 0) is 47.7 Å². The predicted molar refractivity (Wildman–Crippen MR) is 74.2 cm³/mol. The fraction of sp³-hybridized carbons (Fsp3) is 0.267. The fourth-order valence-electron chi connectivity index (χ4n) is 2.41. The number of benzene rings is 1. The average molecular weight is 311 g/mol. The van der Waals surface area contributed by atoms with Crippen LogP contribution in [0.25, 0.3) is 0 Å². The third-order valence-corrected chi connectivity index (χ3v) is 4.58. The maximum atomic E-state index is 12.5. The minimum Gasteiger partial charge on any atom is -0.334 e. The Hall–Kier alpha value is -1.82. The van der Waals surface area contributed by atoms with E-state index < -0.39 is 11.7 Å². The molecule has 1 aromatic heterocycles. The van der Waals surface area contributed by atoms with Crippen LogP contribution in [0.1, 0.15) is 26.4 Å². The third kappa shape index (κ3) is 2.81. The summed E-state index contributed by atoms with van der Waals surface area (Å²) in [7, 11) is 0. The lowest BCUT2D eigenvalue weighted by atomic mass is 10.1. The first-order valence-electron chi connectivity index (χ1n) is 6.47. The first-order chi connectivity index (χ1) is 9.95. The van der Waals surface area contributed by atoms with E-state index in [-0.39, 0.29) is 5.91 Å². The molecule has 3 rings (SSSR count). The molecule has 1 aliphatic rings. The number of hydrogen-bond donors (Lipinski definition) is 0. The molecule has 1 amide bonds. The highest BCUT2D eigenvalue weighted by atomic mass is 32.1. The second kappa shape index (κ2) is 5.18. The Morgan fingerprint density at radius 2 is 1.86 bits per heavy atom. The Morgan fingerprint density at radius 1 is 1.14 bits per heavy atom. The van der Waals surface area contributed by atoms with Gasteiger partial charge in [0.25, 0.3) is 5.91 Å². The lowest BCUT2D eigenvalue weighted by Gasteiger charge is -2.27. The molecule has 1 aliphatic heterocycles. The highest BCUT2D eigenvalue weighted by Crippen LogP contribution is 2.30. The molecular weight excluding hydrogens is 299 g/mol. The SMILES string of the molecule is O=C(c1ccc(C(F)(F)F)cc1)N1CCc2sccc2C1. The van der Waals surface area contributed by atoms with Crippen LogP contribution in [0.4, 0.5) is 13.2 Å². The van der Waals surface area contributed by atoms with Crippen LogP contribution < -0.4 is 0 Å². The quantitative estimate of drug-likeness (QED) is 0.780. The largest absolute Gasteiger partial charge is 0.416 e. The van der Waals surface area contributed by atoms with Crippen molar-refractivity contribution in [3.63, 3.8) is 0 Å². The normalized spacial score (nSPS) is 14.9. The van der Waals surface area contributed by atoms with E-state index in [1.165, 1.54) is 17.0 Å². The average Bonchev–Trinajstić information content (AvgIpc) is 2.93. The van der Waals surface area contributed by atoms with E-state index in [9.17, 15) is 18.0 Å². The van der Waals surface area contributed by atoms with Crippen molar-refractivity contribution in [3.8, 4) is 0 Å². The highest BCUT2D eigenvalue weighted by molar-refractivity contribution is 7.10. The molecule has 0 atom stereocenters. The number of nitrogens with zero attached hydrogens (tertiary/aromatic N) is 1. The van der Waals surface area contributed by atoms with Gasteiger partial charge in [0.2, 0.25) is 0 Å². The molecule has 0 spiro atoms. The standard InChI is InChI=1S/C15H12F3NOS/c16-15(17,18)12-3-1-10(2-4-12)14(20)19-7-5-13-11(9-19)6-8-21-13/h1-4,6,8H,5,7,9H2. The molecule has 0 aliphatic carbocycles. The number of hydrogen-bond acceptors (Lipinski definition) is 2. The Balaban J connectivity index is 1.77. The van der Waals surface area contributed by atoms with Crippen LogP contribution in [0.15, 0.2) is 35.7 Å². The van der Waals surface area contributed by atoms with Crippen molar-refractivity contribution in [2.24, 2.45) is 0 Å². The van der Waals surface area contributed by atoms with Crippen molar-refractivity contribution < 1.29 is 18.0 Å². The van der Waals surface area contributed by atoms with Crippen LogP contribution in [0.2, 0.25) is 0 Å². The van der Waals surface area contributed by atoms with Gasteiger partial charge in [0, 0.05) is 23.5 Å². The number of halogens is 3. The second-order valence-electron chi connectivity index (χ2n) is 4.92. The first kappa shape index (κ1) is 14.1. The molecule has 0 radical (unpaired) electrons. The molecule has 21 heavy (non-hydrogen) atoms. The van der Waals surface area contributed by atoms with Crippen molar-refractivity contribution in [1.29, 1.82) is 0 Å². The Bertz CT molecular complexity index is 660. The van der Waals surface area contributed by atoms with Crippen molar-refractivity contribution >= 4 is 17.2 Å². The van der Waals surface area contributed by atoms with E-state index in [4.69, 9.17) is 0 Å². The Kier molecular flexibility index (Phi) is 3.49. The van der Waals surface area contributed by atoms with E-state index in [2.05, 4.69) is 0 Å². The molecule has 0 saturated carbocycles. The molecule has 0 fully saturated rings. The monoisotopic (exact) mass is 311 g/mol. The fourth-order valence-corrected chi connectivity index (χ4v) is 3.30. The van der Waals surface area contributed by atoms with Gasteiger partial charge in [0.15, 0.2) is 0 Å². The topological polar surface area (TPSA) is 20.3 Å². The van der Waals surface area contributed by atoms with Crippen molar-refractivity contribution in [1.82, 2.24) is 4.90 Å². The number of alkyl halides is 3. The zero-order valence-corrected chi connectivity index (χ0v) is 11.8. The summed E-state index contributed by atoms with van der Waals surface area (Å²) in [5.41, 5.74) is 0.686. The molecule has 0 N–H and O–H groups in total. The van der Waals surface area contributed by atoms with Crippen molar-refractivity contribution in [2.45, 2.75) is 19.1 Å². The number of rotatable bonds is 1. The van der Waals surface area contributed by atoms with Crippen molar-refractivity contribution in [2.75, 3.05) is 6.54 Å². The Morgan fingerprint density at radius 3 is 2.52 bits per heavy atom. The van der Waals surface area contributed by atoms with Crippen LogP contribution in [0, 0.1) is 0 Å². The number of carbonyl (C=O) groups is 1. The van der Waals surface area contributed by atoms with Crippen LogP contribution in [-0.4, -0.2) is 17.4 Å². The number of amides is 1. The summed E-state index contributed by atoms with van der Waals surface area (Å²) < 4.78 is 37.5. The molecule has 2 nitrogen and oxygen atoms in total. The van der Waals surface area contributed by atoms with E-state index in [1.54, 1.807) is 16.2 Å². The van der Waals surface area contributed by atoms with Crippen LogP contribution in [0.3, 0.4) is 0 Å². The zero-order chi connectivity index (χ0) is 15.0. The summed E-state index contributed by atoms with van der Waals surface area (Å²) in [5, 5.41) is 2.00. The third-order valence-electron chi connectivity index (χ3n) is 3.55.